The first-order valence-corrected chi connectivity index (χ1v) is 7.57. The average Bonchev–Trinajstić information content (AvgIpc) is 2.41. The smallest absolute Gasteiger partial charge is 0.331 e. The molecular weight excluding hydrogens is 256 g/mol. The lowest BCUT2D eigenvalue weighted by Gasteiger charge is -2.30. The van der Waals surface area contributed by atoms with Gasteiger partial charge in [0.15, 0.2) is 0 Å². The largest absolute Gasteiger partial charge is 0.478 e. The molecule has 0 bridgehead atoms. The molecule has 0 unspecified atom stereocenters. The van der Waals surface area contributed by atoms with Crippen molar-refractivity contribution in [1.82, 2.24) is 0 Å². The molecule has 2 N–H and O–H groups in total. The maximum absolute atomic E-state index is 10.9. The fourth-order valence-electron chi connectivity index (χ4n) is 2.66. The van der Waals surface area contributed by atoms with Gasteiger partial charge >= 0.3 is 11.9 Å². The first-order valence-electron chi connectivity index (χ1n) is 7.57. The van der Waals surface area contributed by atoms with E-state index in [9.17, 15) is 9.59 Å². The summed E-state index contributed by atoms with van der Waals surface area (Å²) in [4.78, 5) is 21.4. The van der Waals surface area contributed by atoms with E-state index in [0.717, 1.165) is 25.3 Å². The highest BCUT2D eigenvalue weighted by Crippen LogP contribution is 2.36. The molecule has 116 valence electrons. The zero-order valence-corrected chi connectivity index (χ0v) is 12.9. The third-order valence-electron chi connectivity index (χ3n) is 4.48. The van der Waals surface area contributed by atoms with Gasteiger partial charge in [0.1, 0.15) is 0 Å². The number of carboxylic acids is 2. The Hall–Kier alpha value is -1.32. The average molecular weight is 284 g/mol. The molecule has 0 amide bonds. The van der Waals surface area contributed by atoms with Gasteiger partial charge in [-0.05, 0) is 24.7 Å². The lowest BCUT2D eigenvalue weighted by Crippen LogP contribution is -2.17. The van der Waals surface area contributed by atoms with Gasteiger partial charge in [0.05, 0.1) is 0 Å². The highest BCUT2D eigenvalue weighted by Gasteiger charge is 2.22. The second kappa shape index (κ2) is 9.56. The summed E-state index contributed by atoms with van der Waals surface area (Å²) in [5.74, 6) is -2.32. The minimum atomic E-state index is -1.19. The summed E-state index contributed by atoms with van der Waals surface area (Å²) in [6.45, 7) is 6.68. The molecule has 4 heteroatoms. The highest BCUT2D eigenvalue weighted by atomic mass is 16.4. The second-order valence-corrected chi connectivity index (χ2v) is 5.43. The van der Waals surface area contributed by atoms with Crippen molar-refractivity contribution in [3.8, 4) is 0 Å². The first kappa shape index (κ1) is 18.7. The van der Waals surface area contributed by atoms with Crippen LogP contribution in [-0.2, 0) is 9.59 Å². The Balaban J connectivity index is 4.13. The molecule has 20 heavy (non-hydrogen) atoms. The van der Waals surface area contributed by atoms with E-state index in [0.29, 0.717) is 11.8 Å². The van der Waals surface area contributed by atoms with Crippen LogP contribution in [0.15, 0.2) is 11.6 Å². The Morgan fingerprint density at radius 3 is 1.90 bits per heavy atom. The molecular formula is C16H28O4. The molecule has 0 aliphatic carbocycles. The van der Waals surface area contributed by atoms with E-state index in [4.69, 9.17) is 10.2 Å². The Kier molecular flexibility index (Phi) is 8.93. The Labute approximate surface area is 121 Å². The van der Waals surface area contributed by atoms with E-state index in [1.807, 2.05) is 0 Å². The lowest BCUT2D eigenvalue weighted by molar-refractivity contribution is -0.135. The lowest BCUT2D eigenvalue weighted by atomic mass is 9.75. The third kappa shape index (κ3) is 6.73. The fraction of sp³-hybridized carbons (Fsp3) is 0.750. The number of hydrogen-bond acceptors (Lipinski definition) is 2. The number of unbranched alkanes of at least 4 members (excludes halogenated alkanes) is 2. The van der Waals surface area contributed by atoms with Gasteiger partial charge in [-0.2, -0.15) is 0 Å². The van der Waals surface area contributed by atoms with Crippen molar-refractivity contribution in [1.29, 1.82) is 0 Å². The van der Waals surface area contributed by atoms with E-state index in [2.05, 4.69) is 20.8 Å². The van der Waals surface area contributed by atoms with E-state index < -0.39 is 11.9 Å². The number of rotatable bonds is 11. The second-order valence-electron chi connectivity index (χ2n) is 5.43. The molecule has 0 heterocycles. The van der Waals surface area contributed by atoms with Crippen molar-refractivity contribution in [3.05, 3.63) is 11.6 Å². The molecule has 0 aliphatic rings. The summed E-state index contributed by atoms with van der Waals surface area (Å²) >= 11 is 0. The van der Waals surface area contributed by atoms with Crippen LogP contribution in [0.4, 0.5) is 0 Å². The number of carbonyl (C=O) groups is 2. The van der Waals surface area contributed by atoms with Crippen LogP contribution in [0, 0.1) is 5.41 Å². The SMILES string of the molecule is CCC(CC)(CC)CCCCC/C(=C/C(=O)O)C(=O)O. The molecule has 0 saturated carbocycles. The van der Waals surface area contributed by atoms with Gasteiger partial charge < -0.3 is 10.2 Å². The standard InChI is InChI=1S/C16H28O4/c1-4-16(5-2,6-3)11-9-7-8-10-13(15(19)20)12-14(17)18/h12H,4-11H2,1-3H3,(H,17,18)(H,19,20)/b13-12-. The Bertz CT molecular complexity index is 332. The number of hydrogen-bond donors (Lipinski definition) is 2. The zero-order valence-electron chi connectivity index (χ0n) is 12.9. The van der Waals surface area contributed by atoms with E-state index in [1.54, 1.807) is 0 Å². The summed E-state index contributed by atoms with van der Waals surface area (Å²) < 4.78 is 0. The molecule has 0 aromatic carbocycles. The quantitative estimate of drug-likeness (QED) is 0.439. The summed E-state index contributed by atoms with van der Waals surface area (Å²) in [5, 5.41) is 17.5. The van der Waals surface area contributed by atoms with Crippen molar-refractivity contribution in [2.45, 2.75) is 72.1 Å². The molecule has 0 saturated heterocycles. The number of carboxylic acid groups (broad SMARTS) is 2. The summed E-state index contributed by atoms with van der Waals surface area (Å²) in [6.07, 6.45) is 8.61. The van der Waals surface area contributed by atoms with Crippen molar-refractivity contribution in [2.24, 2.45) is 5.41 Å². The van der Waals surface area contributed by atoms with Gasteiger partial charge in [-0.25, -0.2) is 9.59 Å². The van der Waals surface area contributed by atoms with Crippen LogP contribution in [0.2, 0.25) is 0 Å². The van der Waals surface area contributed by atoms with Gasteiger partial charge in [0.25, 0.3) is 0 Å². The topological polar surface area (TPSA) is 74.6 Å². The Morgan fingerprint density at radius 1 is 0.950 bits per heavy atom. The van der Waals surface area contributed by atoms with Gasteiger partial charge in [-0.15, -0.1) is 0 Å². The number of aliphatic carboxylic acids is 2. The summed E-state index contributed by atoms with van der Waals surface area (Å²) in [7, 11) is 0. The van der Waals surface area contributed by atoms with Crippen LogP contribution in [0.3, 0.4) is 0 Å². The normalized spacial score (nSPS) is 12.4. The van der Waals surface area contributed by atoms with E-state index in [-0.39, 0.29) is 5.57 Å². The Morgan fingerprint density at radius 2 is 1.50 bits per heavy atom. The van der Waals surface area contributed by atoms with Crippen molar-refractivity contribution in [3.63, 3.8) is 0 Å². The molecule has 0 aromatic rings. The van der Waals surface area contributed by atoms with E-state index in [1.165, 1.54) is 25.7 Å². The third-order valence-corrected chi connectivity index (χ3v) is 4.48. The van der Waals surface area contributed by atoms with Crippen LogP contribution >= 0.6 is 0 Å². The van der Waals surface area contributed by atoms with Crippen LogP contribution in [0.25, 0.3) is 0 Å². The van der Waals surface area contributed by atoms with Crippen LogP contribution in [0.1, 0.15) is 72.1 Å². The highest BCUT2D eigenvalue weighted by molar-refractivity contribution is 5.94. The summed E-state index contributed by atoms with van der Waals surface area (Å²) in [5.41, 5.74) is 0.414. The molecule has 0 rings (SSSR count). The first-order chi connectivity index (χ1) is 9.40. The minimum absolute atomic E-state index is 0.00904. The van der Waals surface area contributed by atoms with Gasteiger partial charge in [-0.1, -0.05) is 52.9 Å². The minimum Gasteiger partial charge on any atom is -0.478 e. The van der Waals surface area contributed by atoms with Crippen LogP contribution in [-0.4, -0.2) is 22.2 Å². The molecule has 0 aromatic heterocycles. The van der Waals surface area contributed by atoms with Crippen LogP contribution in [0.5, 0.6) is 0 Å². The van der Waals surface area contributed by atoms with Gasteiger partial charge in [0, 0.05) is 11.6 Å². The maximum atomic E-state index is 10.9. The zero-order chi connectivity index (χ0) is 15.6. The van der Waals surface area contributed by atoms with E-state index >= 15 is 0 Å². The van der Waals surface area contributed by atoms with Crippen molar-refractivity contribution >= 4 is 11.9 Å². The van der Waals surface area contributed by atoms with Crippen molar-refractivity contribution in [2.75, 3.05) is 0 Å². The molecule has 0 aliphatic heterocycles. The predicted molar refractivity (Wildman–Crippen MR) is 79.7 cm³/mol. The maximum Gasteiger partial charge on any atom is 0.331 e. The molecule has 0 radical (unpaired) electrons. The predicted octanol–water partition coefficient (Wildman–Crippen LogP) is 4.25. The molecule has 0 atom stereocenters. The summed E-state index contributed by atoms with van der Waals surface area (Å²) in [6, 6.07) is 0. The molecule has 0 spiro atoms. The fourth-order valence-corrected chi connectivity index (χ4v) is 2.66. The molecule has 4 nitrogen and oxygen atoms in total. The van der Waals surface area contributed by atoms with Crippen LogP contribution < -0.4 is 0 Å². The molecule has 0 fully saturated rings. The van der Waals surface area contributed by atoms with Gasteiger partial charge in [0.2, 0.25) is 0 Å². The van der Waals surface area contributed by atoms with Crippen molar-refractivity contribution < 1.29 is 19.8 Å². The van der Waals surface area contributed by atoms with Gasteiger partial charge in [-0.3, -0.25) is 0 Å². The monoisotopic (exact) mass is 284 g/mol.